The van der Waals surface area contributed by atoms with E-state index < -0.39 is 30.0 Å². The molecule has 0 unspecified atom stereocenters. The lowest BCUT2D eigenvalue weighted by atomic mass is 9.93. The van der Waals surface area contributed by atoms with Crippen molar-refractivity contribution in [2.75, 3.05) is 17.2 Å². The topological polar surface area (TPSA) is 117 Å². The Balaban J connectivity index is 1.37. The van der Waals surface area contributed by atoms with Gasteiger partial charge in [-0.3, -0.25) is 14.0 Å². The molecule has 0 bridgehead atoms. The van der Waals surface area contributed by atoms with Crippen LogP contribution in [0.3, 0.4) is 0 Å². The molecule has 4 aromatic rings. The molecule has 33 heavy (non-hydrogen) atoms. The molecule has 1 aromatic carbocycles. The highest BCUT2D eigenvalue weighted by Gasteiger charge is 2.38. The van der Waals surface area contributed by atoms with Crippen LogP contribution in [0.1, 0.15) is 44.3 Å². The lowest BCUT2D eigenvalue weighted by molar-refractivity contribution is -0.131. The first kappa shape index (κ1) is 21.4. The number of H-pyrrole nitrogens is 1. The third-order valence-electron chi connectivity index (χ3n) is 6.49. The molecule has 12 heteroatoms. The Hall–Kier alpha value is -3.44. The molecule has 1 aliphatic rings. The Kier molecular flexibility index (Phi) is 5.09. The Morgan fingerprint density at radius 3 is 2.73 bits per heavy atom. The van der Waals surface area contributed by atoms with Gasteiger partial charge in [-0.2, -0.15) is 13.2 Å². The number of nitrogens with one attached hydrogen (secondary N) is 3. The van der Waals surface area contributed by atoms with Crippen molar-refractivity contribution in [2.45, 2.75) is 50.7 Å². The van der Waals surface area contributed by atoms with Crippen LogP contribution in [-0.4, -0.2) is 43.3 Å². The molecule has 1 saturated carbocycles. The van der Waals surface area contributed by atoms with Gasteiger partial charge in [0, 0.05) is 24.7 Å². The molecule has 3 atom stereocenters. The van der Waals surface area contributed by atoms with Gasteiger partial charge in [-0.15, -0.1) is 10.2 Å². The van der Waals surface area contributed by atoms with Crippen molar-refractivity contribution in [3.63, 3.8) is 0 Å². The predicted molar refractivity (Wildman–Crippen MR) is 116 cm³/mol. The molecule has 0 saturated heterocycles. The number of fused-ring (bicyclic) bond motifs is 3. The number of aromatic amines is 1. The van der Waals surface area contributed by atoms with Crippen molar-refractivity contribution >= 4 is 28.2 Å². The Morgan fingerprint density at radius 2 is 1.97 bits per heavy atom. The lowest BCUT2D eigenvalue weighted by Crippen LogP contribution is -2.39. The first-order valence-corrected chi connectivity index (χ1v) is 10.8. The van der Waals surface area contributed by atoms with E-state index in [1.54, 1.807) is 12.4 Å². The molecule has 1 aliphatic carbocycles. The zero-order valence-electron chi connectivity index (χ0n) is 17.7. The summed E-state index contributed by atoms with van der Waals surface area (Å²) in [6.45, 7) is 1.62. The molecular weight excluding hydrogens is 439 g/mol. The van der Waals surface area contributed by atoms with E-state index in [4.69, 9.17) is 0 Å². The highest BCUT2D eigenvalue weighted by molar-refractivity contribution is 5.75. The highest BCUT2D eigenvalue weighted by Crippen LogP contribution is 2.42. The van der Waals surface area contributed by atoms with Gasteiger partial charge in [-0.05, 0) is 24.8 Å². The molecule has 9 nitrogen and oxygen atoms in total. The van der Waals surface area contributed by atoms with Crippen molar-refractivity contribution in [1.29, 1.82) is 0 Å². The number of anilines is 2. The number of rotatable bonds is 7. The van der Waals surface area contributed by atoms with Crippen LogP contribution >= 0.6 is 0 Å². The second-order valence-corrected chi connectivity index (χ2v) is 8.51. The third kappa shape index (κ3) is 3.72. The zero-order chi connectivity index (χ0) is 23.3. The van der Waals surface area contributed by atoms with Gasteiger partial charge in [0.2, 0.25) is 0 Å². The number of hydrogen-bond donors (Lipinski definition) is 3. The van der Waals surface area contributed by atoms with Gasteiger partial charge in [0.1, 0.15) is 17.2 Å². The van der Waals surface area contributed by atoms with Crippen LogP contribution in [0.25, 0.3) is 16.8 Å². The van der Waals surface area contributed by atoms with E-state index in [-0.39, 0.29) is 29.3 Å². The quantitative estimate of drug-likeness (QED) is 0.362. The fourth-order valence-corrected chi connectivity index (χ4v) is 4.88. The molecule has 0 amide bonds. The summed E-state index contributed by atoms with van der Waals surface area (Å²) in [5.74, 6) is 1.11. The van der Waals surface area contributed by atoms with E-state index in [1.807, 2.05) is 10.5 Å². The molecule has 0 spiro atoms. The molecule has 3 N–H and O–H groups in total. The van der Waals surface area contributed by atoms with E-state index >= 15 is 0 Å². The Morgan fingerprint density at radius 1 is 1.18 bits per heavy atom. The fourth-order valence-electron chi connectivity index (χ4n) is 4.88. The largest absolute Gasteiger partial charge is 0.390 e. The minimum Gasteiger partial charge on any atom is -0.380 e. The summed E-state index contributed by atoms with van der Waals surface area (Å²) >= 11 is 0. The molecule has 3 aromatic heterocycles. The standard InChI is InChI=1S/C21H22F3N7O2/c1-2-10-7-11(28-16-15(17(32)18(16)33)25-6-4-21(22,23)24)8-12(10)20-30-29-14-9-27-19-13(31(14)20)3-5-26-19/h3,5,9-12,25-26,28H,2,4,6-8H2,1H3/t10-,11+,12+/m1/s1. The monoisotopic (exact) mass is 461 g/mol. The van der Waals surface area contributed by atoms with Crippen LogP contribution < -0.4 is 21.5 Å². The van der Waals surface area contributed by atoms with Crippen LogP contribution in [0.4, 0.5) is 24.5 Å². The molecule has 5 rings (SSSR count). The average Bonchev–Trinajstić information content (AvgIpc) is 3.50. The third-order valence-corrected chi connectivity index (χ3v) is 6.49. The number of aromatic nitrogens is 5. The van der Waals surface area contributed by atoms with Crippen LogP contribution in [0.5, 0.6) is 0 Å². The van der Waals surface area contributed by atoms with Crippen LogP contribution in [0, 0.1) is 5.92 Å². The SMILES string of the molecule is CC[C@@H]1C[C@H](Nc2c(NCCC(F)(F)F)c(=O)c2=O)C[C@@H]1c1nnc2cnc3[nH]ccc3n12. The summed E-state index contributed by atoms with van der Waals surface area (Å²) in [7, 11) is 0. The minimum absolute atomic E-state index is 0.0520. The van der Waals surface area contributed by atoms with Gasteiger partial charge in [-0.1, -0.05) is 13.3 Å². The van der Waals surface area contributed by atoms with Gasteiger partial charge in [0.15, 0.2) is 11.3 Å². The summed E-state index contributed by atoms with van der Waals surface area (Å²) in [5.41, 5.74) is 0.767. The maximum absolute atomic E-state index is 12.4. The van der Waals surface area contributed by atoms with E-state index in [0.717, 1.165) is 29.8 Å². The molecular formula is C21H22F3N7O2. The van der Waals surface area contributed by atoms with Gasteiger partial charge in [0.05, 0.1) is 18.1 Å². The fraction of sp³-hybridized carbons (Fsp3) is 0.476. The smallest absolute Gasteiger partial charge is 0.380 e. The van der Waals surface area contributed by atoms with E-state index in [2.05, 4.69) is 37.7 Å². The Bertz CT molecular complexity index is 1380. The number of alkyl halides is 3. The van der Waals surface area contributed by atoms with Gasteiger partial charge >= 0.3 is 6.18 Å². The van der Waals surface area contributed by atoms with Crippen molar-refractivity contribution in [3.05, 3.63) is 44.7 Å². The predicted octanol–water partition coefficient (Wildman–Crippen LogP) is 2.95. The van der Waals surface area contributed by atoms with Crippen LogP contribution in [0.2, 0.25) is 0 Å². The van der Waals surface area contributed by atoms with E-state index in [9.17, 15) is 22.8 Å². The van der Waals surface area contributed by atoms with Crippen molar-refractivity contribution in [3.8, 4) is 0 Å². The maximum Gasteiger partial charge on any atom is 0.390 e. The number of nitrogens with zero attached hydrogens (tertiary/aromatic N) is 4. The average molecular weight is 461 g/mol. The first-order chi connectivity index (χ1) is 15.8. The van der Waals surface area contributed by atoms with Crippen molar-refractivity contribution in [2.24, 2.45) is 5.92 Å². The summed E-state index contributed by atoms with van der Waals surface area (Å²) in [5, 5.41) is 14.3. The maximum atomic E-state index is 12.4. The van der Waals surface area contributed by atoms with Crippen LogP contribution in [-0.2, 0) is 0 Å². The molecule has 3 heterocycles. The Labute approximate surface area is 185 Å². The van der Waals surface area contributed by atoms with Gasteiger partial charge in [-0.25, -0.2) is 4.98 Å². The first-order valence-electron chi connectivity index (χ1n) is 10.8. The summed E-state index contributed by atoms with van der Waals surface area (Å²) in [6, 6.07) is 1.79. The molecule has 0 aliphatic heterocycles. The van der Waals surface area contributed by atoms with Crippen molar-refractivity contribution < 1.29 is 13.2 Å². The second kappa shape index (κ2) is 7.85. The second-order valence-electron chi connectivity index (χ2n) is 8.51. The van der Waals surface area contributed by atoms with Gasteiger partial charge < -0.3 is 15.6 Å². The molecule has 174 valence electrons. The summed E-state index contributed by atoms with van der Waals surface area (Å²) in [6.07, 6.45) is 0.289. The summed E-state index contributed by atoms with van der Waals surface area (Å²) < 4.78 is 39.3. The van der Waals surface area contributed by atoms with Gasteiger partial charge in [0.25, 0.3) is 10.9 Å². The molecule has 1 fully saturated rings. The number of hydrogen-bond acceptors (Lipinski definition) is 7. The van der Waals surface area contributed by atoms with E-state index in [1.165, 1.54) is 0 Å². The lowest BCUT2D eigenvalue weighted by Gasteiger charge is -2.19. The highest BCUT2D eigenvalue weighted by atomic mass is 19.4. The van der Waals surface area contributed by atoms with Crippen LogP contribution in [0.15, 0.2) is 28.0 Å². The minimum atomic E-state index is -4.34. The normalized spacial score (nSPS) is 21.4. The van der Waals surface area contributed by atoms with E-state index in [0.29, 0.717) is 12.1 Å². The molecule has 0 radical (unpaired) electrons. The number of halogens is 3. The van der Waals surface area contributed by atoms with Crippen molar-refractivity contribution in [1.82, 2.24) is 24.6 Å². The zero-order valence-corrected chi connectivity index (χ0v) is 17.7. The summed E-state index contributed by atoms with van der Waals surface area (Å²) in [4.78, 5) is 31.4.